The van der Waals surface area contributed by atoms with Crippen LogP contribution in [0, 0.1) is 5.82 Å². The molecule has 1 heterocycles. The van der Waals surface area contributed by atoms with Crippen LogP contribution in [0.1, 0.15) is 27.5 Å². The predicted molar refractivity (Wildman–Crippen MR) is 134 cm³/mol. The van der Waals surface area contributed by atoms with Gasteiger partial charge in [-0.2, -0.15) is 0 Å². The number of fused-ring (bicyclic) bond motifs is 1. The molecule has 0 spiro atoms. The number of carbonyl (C=O) groups excluding carboxylic acids is 2. The number of carbonyl (C=O) groups is 2. The molecular weight excluding hydrogens is 495 g/mol. The minimum atomic E-state index is -0.576. The summed E-state index contributed by atoms with van der Waals surface area (Å²) in [5.74, 6) is -0.935. The molecule has 0 aliphatic carbocycles. The number of amides is 2. The summed E-state index contributed by atoms with van der Waals surface area (Å²) >= 11 is 3.50. The molecule has 0 bridgehead atoms. The van der Waals surface area contributed by atoms with Crippen LogP contribution in [0.5, 0.6) is 0 Å². The van der Waals surface area contributed by atoms with E-state index in [1.165, 1.54) is 12.1 Å². The first kappa shape index (κ1) is 22.0. The van der Waals surface area contributed by atoms with Crippen LogP contribution in [-0.2, 0) is 4.79 Å². The fourth-order valence-electron chi connectivity index (χ4n) is 4.27. The Hall–Kier alpha value is -3.77. The van der Waals surface area contributed by atoms with E-state index in [1.54, 1.807) is 35.2 Å². The summed E-state index contributed by atoms with van der Waals surface area (Å²) < 4.78 is 14.5. The summed E-state index contributed by atoms with van der Waals surface area (Å²) in [5, 5.41) is 2.90. The molecule has 5 rings (SSSR count). The van der Waals surface area contributed by atoms with Gasteiger partial charge in [0, 0.05) is 21.3 Å². The zero-order valence-electron chi connectivity index (χ0n) is 18.0. The number of hydrogen-bond acceptors (Lipinski definition) is 2. The van der Waals surface area contributed by atoms with Crippen LogP contribution in [-0.4, -0.2) is 23.3 Å². The quantitative estimate of drug-likeness (QED) is 0.342. The fourth-order valence-corrected chi connectivity index (χ4v) is 4.65. The van der Waals surface area contributed by atoms with Crippen molar-refractivity contribution < 1.29 is 14.0 Å². The van der Waals surface area contributed by atoms with Gasteiger partial charge in [-0.15, -0.1) is 0 Å². The molecule has 0 radical (unpaired) electrons. The Labute approximate surface area is 205 Å². The zero-order valence-corrected chi connectivity index (χ0v) is 19.6. The van der Waals surface area contributed by atoms with E-state index in [4.69, 9.17) is 0 Å². The number of nitrogens with zero attached hydrogens (tertiary/aromatic N) is 1. The smallest absolute Gasteiger partial charge is 0.255 e. The SMILES string of the molecule is O=C1CN(C(=O)c2ccc(-c3ccccc3)cc2)[C@@H](c2ccc(F)cc2)c2cc(Br)ccc2N1. The van der Waals surface area contributed by atoms with Gasteiger partial charge in [-0.25, -0.2) is 4.39 Å². The summed E-state index contributed by atoms with van der Waals surface area (Å²) in [6.45, 7) is -0.131. The lowest BCUT2D eigenvalue weighted by molar-refractivity contribution is -0.117. The molecule has 1 aliphatic heterocycles. The summed E-state index contributed by atoms with van der Waals surface area (Å²) in [4.78, 5) is 28.1. The fraction of sp³-hybridized carbons (Fsp3) is 0.0714. The normalized spacial score (nSPS) is 15.3. The molecule has 0 fully saturated rings. The van der Waals surface area contributed by atoms with Gasteiger partial charge in [-0.1, -0.05) is 70.5 Å². The molecule has 4 aromatic carbocycles. The van der Waals surface area contributed by atoms with E-state index in [0.717, 1.165) is 21.2 Å². The third kappa shape index (κ3) is 4.37. The average molecular weight is 515 g/mol. The molecule has 1 aliphatic rings. The average Bonchev–Trinajstić information content (AvgIpc) is 3.00. The van der Waals surface area contributed by atoms with Crippen LogP contribution >= 0.6 is 15.9 Å². The molecule has 1 N–H and O–H groups in total. The third-order valence-corrected chi connectivity index (χ3v) is 6.39. The Morgan fingerprint density at radius 1 is 0.882 bits per heavy atom. The zero-order chi connectivity index (χ0) is 23.7. The van der Waals surface area contributed by atoms with Crippen molar-refractivity contribution >= 4 is 33.4 Å². The highest BCUT2D eigenvalue weighted by atomic mass is 79.9. The maximum atomic E-state index is 13.8. The van der Waals surface area contributed by atoms with Gasteiger partial charge in [0.05, 0.1) is 6.04 Å². The second-order valence-corrected chi connectivity index (χ2v) is 9.03. The van der Waals surface area contributed by atoms with E-state index in [2.05, 4.69) is 21.2 Å². The standard InChI is InChI=1S/C28H20BrFN2O2/c29-22-12-15-25-24(16-22)27(20-10-13-23(30)14-11-20)32(17-26(33)31-25)28(34)21-8-6-19(7-9-21)18-4-2-1-3-5-18/h1-16,27H,17H2,(H,31,33)/t27-/m0/s1. The number of hydrogen-bond donors (Lipinski definition) is 1. The van der Waals surface area contributed by atoms with E-state index in [1.807, 2.05) is 54.6 Å². The summed E-state index contributed by atoms with van der Waals surface area (Å²) in [6, 6.07) is 28.2. The highest BCUT2D eigenvalue weighted by Gasteiger charge is 2.34. The van der Waals surface area contributed by atoms with Gasteiger partial charge in [0.15, 0.2) is 0 Å². The molecule has 34 heavy (non-hydrogen) atoms. The van der Waals surface area contributed by atoms with Gasteiger partial charge < -0.3 is 10.2 Å². The Morgan fingerprint density at radius 3 is 2.26 bits per heavy atom. The first-order valence-electron chi connectivity index (χ1n) is 10.8. The van der Waals surface area contributed by atoms with Crippen molar-refractivity contribution in [3.8, 4) is 11.1 Å². The maximum absolute atomic E-state index is 13.8. The Kier molecular flexibility index (Phi) is 5.99. The second kappa shape index (κ2) is 9.23. The van der Waals surface area contributed by atoms with Crippen molar-refractivity contribution in [1.29, 1.82) is 0 Å². The van der Waals surface area contributed by atoms with E-state index in [0.29, 0.717) is 16.8 Å². The molecule has 0 saturated heterocycles. The van der Waals surface area contributed by atoms with Gasteiger partial charge in [0.2, 0.25) is 5.91 Å². The van der Waals surface area contributed by atoms with E-state index < -0.39 is 6.04 Å². The Bertz CT molecular complexity index is 1360. The minimum absolute atomic E-state index is 0.131. The number of halogens is 2. The van der Waals surface area contributed by atoms with Crippen molar-refractivity contribution in [2.75, 3.05) is 11.9 Å². The molecule has 6 heteroatoms. The summed E-state index contributed by atoms with van der Waals surface area (Å²) in [5.41, 5.74) is 4.61. The van der Waals surface area contributed by atoms with Crippen LogP contribution in [0.25, 0.3) is 11.1 Å². The lowest BCUT2D eigenvalue weighted by Gasteiger charge is -2.31. The molecule has 4 aromatic rings. The first-order chi connectivity index (χ1) is 16.5. The van der Waals surface area contributed by atoms with Crippen molar-refractivity contribution in [3.63, 3.8) is 0 Å². The monoisotopic (exact) mass is 514 g/mol. The largest absolute Gasteiger partial charge is 0.324 e. The first-order valence-corrected chi connectivity index (χ1v) is 11.6. The topological polar surface area (TPSA) is 49.4 Å². The number of nitrogens with one attached hydrogen (secondary N) is 1. The van der Waals surface area contributed by atoms with Gasteiger partial charge in [0.25, 0.3) is 5.91 Å². The van der Waals surface area contributed by atoms with Gasteiger partial charge >= 0.3 is 0 Å². The Morgan fingerprint density at radius 2 is 1.56 bits per heavy atom. The molecular formula is C28H20BrFN2O2. The lowest BCUT2D eigenvalue weighted by atomic mass is 9.95. The molecule has 168 valence electrons. The van der Waals surface area contributed by atoms with Gasteiger partial charge in [0.1, 0.15) is 12.4 Å². The summed E-state index contributed by atoms with van der Waals surface area (Å²) in [7, 11) is 0. The number of benzene rings is 4. The molecule has 1 atom stereocenters. The van der Waals surface area contributed by atoms with Crippen LogP contribution in [0.4, 0.5) is 10.1 Å². The molecule has 0 saturated carbocycles. The van der Waals surface area contributed by atoms with Crippen molar-refractivity contribution in [3.05, 3.63) is 124 Å². The highest BCUT2D eigenvalue weighted by molar-refractivity contribution is 9.10. The van der Waals surface area contributed by atoms with Gasteiger partial charge in [-0.3, -0.25) is 9.59 Å². The number of anilines is 1. The van der Waals surface area contributed by atoms with E-state index in [-0.39, 0.29) is 24.2 Å². The lowest BCUT2D eigenvalue weighted by Crippen LogP contribution is -2.39. The van der Waals surface area contributed by atoms with Crippen LogP contribution in [0.3, 0.4) is 0 Å². The minimum Gasteiger partial charge on any atom is -0.324 e. The van der Waals surface area contributed by atoms with Crippen molar-refractivity contribution in [2.24, 2.45) is 0 Å². The Balaban J connectivity index is 1.58. The highest BCUT2D eigenvalue weighted by Crippen LogP contribution is 2.38. The van der Waals surface area contributed by atoms with E-state index in [9.17, 15) is 14.0 Å². The van der Waals surface area contributed by atoms with Crippen molar-refractivity contribution in [2.45, 2.75) is 6.04 Å². The van der Waals surface area contributed by atoms with Crippen LogP contribution < -0.4 is 5.32 Å². The summed E-state index contributed by atoms with van der Waals surface area (Å²) in [6.07, 6.45) is 0. The van der Waals surface area contributed by atoms with Gasteiger partial charge in [-0.05, 0) is 59.2 Å². The third-order valence-electron chi connectivity index (χ3n) is 5.89. The maximum Gasteiger partial charge on any atom is 0.255 e. The molecule has 2 amide bonds. The molecule has 4 nitrogen and oxygen atoms in total. The van der Waals surface area contributed by atoms with E-state index >= 15 is 0 Å². The van der Waals surface area contributed by atoms with Crippen LogP contribution in [0.2, 0.25) is 0 Å². The van der Waals surface area contributed by atoms with Crippen molar-refractivity contribution in [1.82, 2.24) is 4.90 Å². The second-order valence-electron chi connectivity index (χ2n) is 8.11. The predicted octanol–water partition coefficient (Wildman–Crippen LogP) is 6.44. The molecule has 0 unspecified atom stereocenters. The number of rotatable bonds is 3. The molecule has 0 aromatic heterocycles. The van der Waals surface area contributed by atoms with Crippen LogP contribution in [0.15, 0.2) is 102 Å².